The van der Waals surface area contributed by atoms with Crippen molar-refractivity contribution >= 4 is 33.2 Å². The standard InChI is InChI=1S/C9H8BrNOS/c1-3-9(12)11(2)5-8-4-7(10)6-13-8/h1,4,6H,5H2,2H3. The van der Waals surface area contributed by atoms with Gasteiger partial charge in [-0.1, -0.05) is 0 Å². The third-order valence-electron chi connectivity index (χ3n) is 1.48. The number of terminal acetylenes is 1. The summed E-state index contributed by atoms with van der Waals surface area (Å²) >= 11 is 4.94. The average Bonchev–Trinajstić information content (AvgIpc) is 2.49. The fourth-order valence-electron chi connectivity index (χ4n) is 0.852. The summed E-state index contributed by atoms with van der Waals surface area (Å²) in [6, 6.07) is 1.98. The number of hydrogen-bond acceptors (Lipinski definition) is 2. The SMILES string of the molecule is C#CC(=O)N(C)Cc1cc(Br)cs1. The highest BCUT2D eigenvalue weighted by Crippen LogP contribution is 2.20. The summed E-state index contributed by atoms with van der Waals surface area (Å²) in [6.45, 7) is 0.569. The van der Waals surface area contributed by atoms with Gasteiger partial charge in [-0.05, 0) is 27.9 Å². The quantitative estimate of drug-likeness (QED) is 0.744. The molecule has 0 bridgehead atoms. The molecular weight excluding hydrogens is 250 g/mol. The van der Waals surface area contributed by atoms with E-state index in [2.05, 4.69) is 21.9 Å². The molecule has 0 fully saturated rings. The summed E-state index contributed by atoms with van der Waals surface area (Å²) in [5, 5.41) is 1.98. The van der Waals surface area contributed by atoms with Crippen LogP contribution in [0, 0.1) is 12.3 Å². The van der Waals surface area contributed by atoms with Gasteiger partial charge >= 0.3 is 0 Å². The summed E-state index contributed by atoms with van der Waals surface area (Å²) < 4.78 is 1.04. The lowest BCUT2D eigenvalue weighted by atomic mass is 10.4. The van der Waals surface area contributed by atoms with Crippen LogP contribution < -0.4 is 0 Å². The molecule has 0 saturated carbocycles. The molecule has 1 rings (SSSR count). The van der Waals surface area contributed by atoms with E-state index in [1.54, 1.807) is 18.4 Å². The van der Waals surface area contributed by atoms with Crippen LogP contribution in [-0.2, 0) is 11.3 Å². The Morgan fingerprint density at radius 3 is 3.00 bits per heavy atom. The van der Waals surface area contributed by atoms with Crippen LogP contribution in [0.2, 0.25) is 0 Å². The van der Waals surface area contributed by atoms with Crippen molar-refractivity contribution in [2.45, 2.75) is 6.54 Å². The fourth-order valence-corrected chi connectivity index (χ4v) is 2.36. The Labute approximate surface area is 89.7 Å². The van der Waals surface area contributed by atoms with Gasteiger partial charge < -0.3 is 4.90 Å². The van der Waals surface area contributed by atoms with Crippen LogP contribution in [0.3, 0.4) is 0 Å². The van der Waals surface area contributed by atoms with Crippen LogP contribution in [0.25, 0.3) is 0 Å². The van der Waals surface area contributed by atoms with E-state index in [9.17, 15) is 4.79 Å². The molecule has 13 heavy (non-hydrogen) atoms. The second-order valence-corrected chi connectivity index (χ2v) is 4.45. The number of thiophene rings is 1. The molecule has 0 saturated heterocycles. The Hall–Kier alpha value is -0.790. The molecule has 1 amide bonds. The van der Waals surface area contributed by atoms with Gasteiger partial charge in [0.05, 0.1) is 6.54 Å². The van der Waals surface area contributed by atoms with E-state index in [0.717, 1.165) is 9.35 Å². The number of carbonyl (C=O) groups is 1. The third-order valence-corrected chi connectivity index (χ3v) is 3.17. The van der Waals surface area contributed by atoms with Crippen molar-refractivity contribution in [3.8, 4) is 12.3 Å². The van der Waals surface area contributed by atoms with Crippen molar-refractivity contribution in [3.05, 3.63) is 20.8 Å². The molecule has 0 aromatic carbocycles. The summed E-state index contributed by atoms with van der Waals surface area (Å²) in [5.41, 5.74) is 0. The van der Waals surface area contributed by atoms with Gasteiger partial charge in [0.25, 0.3) is 5.91 Å². The van der Waals surface area contributed by atoms with E-state index in [0.29, 0.717) is 6.54 Å². The van der Waals surface area contributed by atoms with Crippen LogP contribution in [0.5, 0.6) is 0 Å². The smallest absolute Gasteiger partial charge is 0.298 e. The Bertz CT molecular complexity index is 353. The van der Waals surface area contributed by atoms with Gasteiger partial charge in [0, 0.05) is 21.8 Å². The summed E-state index contributed by atoms with van der Waals surface area (Å²) in [4.78, 5) is 13.6. The Morgan fingerprint density at radius 2 is 2.54 bits per heavy atom. The van der Waals surface area contributed by atoms with Gasteiger partial charge in [0.2, 0.25) is 0 Å². The molecule has 0 unspecified atom stereocenters. The topological polar surface area (TPSA) is 20.3 Å². The van der Waals surface area contributed by atoms with E-state index in [-0.39, 0.29) is 5.91 Å². The van der Waals surface area contributed by atoms with Gasteiger partial charge in [-0.25, -0.2) is 0 Å². The molecule has 2 nitrogen and oxygen atoms in total. The lowest BCUT2D eigenvalue weighted by Crippen LogP contribution is -2.23. The summed E-state index contributed by atoms with van der Waals surface area (Å²) in [5.74, 6) is 1.78. The second kappa shape index (κ2) is 4.45. The zero-order chi connectivity index (χ0) is 9.84. The molecule has 4 heteroatoms. The molecular formula is C9H8BrNOS. The van der Waals surface area contributed by atoms with Crippen LogP contribution in [-0.4, -0.2) is 17.9 Å². The van der Waals surface area contributed by atoms with Crippen molar-refractivity contribution in [2.75, 3.05) is 7.05 Å². The summed E-state index contributed by atoms with van der Waals surface area (Å²) in [6.07, 6.45) is 4.98. The zero-order valence-corrected chi connectivity index (χ0v) is 9.48. The maximum absolute atomic E-state index is 11.0. The highest BCUT2D eigenvalue weighted by Gasteiger charge is 2.06. The fraction of sp³-hybridized carbons (Fsp3) is 0.222. The first kappa shape index (κ1) is 10.3. The Morgan fingerprint density at radius 1 is 1.85 bits per heavy atom. The van der Waals surface area contributed by atoms with E-state index in [1.165, 1.54) is 4.90 Å². The first-order valence-electron chi connectivity index (χ1n) is 3.58. The van der Waals surface area contributed by atoms with Gasteiger partial charge in [-0.3, -0.25) is 4.79 Å². The second-order valence-electron chi connectivity index (χ2n) is 2.54. The first-order valence-corrected chi connectivity index (χ1v) is 5.25. The van der Waals surface area contributed by atoms with Gasteiger partial charge in [0.1, 0.15) is 0 Å². The molecule has 0 aliphatic rings. The molecule has 1 aromatic heterocycles. The number of hydrogen-bond donors (Lipinski definition) is 0. The third kappa shape index (κ3) is 2.87. The lowest BCUT2D eigenvalue weighted by Gasteiger charge is -2.11. The van der Waals surface area contributed by atoms with E-state index < -0.39 is 0 Å². The van der Waals surface area contributed by atoms with Crippen molar-refractivity contribution in [2.24, 2.45) is 0 Å². The van der Waals surface area contributed by atoms with Crippen LogP contribution in [0.1, 0.15) is 4.88 Å². The predicted octanol–water partition coefficient (Wildman–Crippen LogP) is 2.10. The average molecular weight is 258 g/mol. The van der Waals surface area contributed by atoms with Crippen molar-refractivity contribution in [1.82, 2.24) is 4.90 Å². The first-order chi connectivity index (χ1) is 6.13. The van der Waals surface area contributed by atoms with Gasteiger partial charge in [0.15, 0.2) is 0 Å². The molecule has 0 radical (unpaired) electrons. The molecule has 0 N–H and O–H groups in total. The largest absolute Gasteiger partial charge is 0.330 e. The van der Waals surface area contributed by atoms with Crippen LogP contribution in [0.4, 0.5) is 0 Å². The van der Waals surface area contributed by atoms with Crippen LogP contribution >= 0.6 is 27.3 Å². The molecule has 1 heterocycles. The summed E-state index contributed by atoms with van der Waals surface area (Å²) in [7, 11) is 1.69. The van der Waals surface area contributed by atoms with Crippen LogP contribution in [0.15, 0.2) is 15.9 Å². The molecule has 0 atom stereocenters. The highest BCUT2D eigenvalue weighted by molar-refractivity contribution is 9.10. The molecule has 68 valence electrons. The predicted molar refractivity (Wildman–Crippen MR) is 57.3 cm³/mol. The Balaban J connectivity index is 2.60. The van der Waals surface area contributed by atoms with E-state index in [1.807, 2.05) is 11.4 Å². The monoisotopic (exact) mass is 257 g/mol. The van der Waals surface area contributed by atoms with Gasteiger partial charge in [-0.15, -0.1) is 17.8 Å². The normalized spacial score (nSPS) is 9.31. The molecule has 0 aliphatic carbocycles. The van der Waals surface area contributed by atoms with E-state index >= 15 is 0 Å². The maximum Gasteiger partial charge on any atom is 0.298 e. The highest BCUT2D eigenvalue weighted by atomic mass is 79.9. The van der Waals surface area contributed by atoms with Gasteiger partial charge in [-0.2, -0.15) is 0 Å². The number of nitrogens with zero attached hydrogens (tertiary/aromatic N) is 1. The minimum absolute atomic E-state index is 0.287. The molecule has 0 spiro atoms. The number of amides is 1. The zero-order valence-electron chi connectivity index (χ0n) is 7.08. The number of halogens is 1. The number of rotatable bonds is 2. The molecule has 0 aliphatic heterocycles. The lowest BCUT2D eigenvalue weighted by molar-refractivity contribution is -0.124. The van der Waals surface area contributed by atoms with Crippen molar-refractivity contribution in [1.29, 1.82) is 0 Å². The maximum atomic E-state index is 11.0. The number of carbonyl (C=O) groups excluding carboxylic acids is 1. The van der Waals surface area contributed by atoms with E-state index in [4.69, 9.17) is 6.42 Å². The van der Waals surface area contributed by atoms with Crippen molar-refractivity contribution < 1.29 is 4.79 Å². The minimum atomic E-state index is -0.287. The van der Waals surface area contributed by atoms with Crippen molar-refractivity contribution in [3.63, 3.8) is 0 Å². The minimum Gasteiger partial charge on any atom is -0.330 e. The molecule has 1 aromatic rings. The Kier molecular flexibility index (Phi) is 3.52.